The van der Waals surface area contributed by atoms with Gasteiger partial charge in [-0.25, -0.2) is 4.79 Å². The highest BCUT2D eigenvalue weighted by atomic mass is 31.2. The van der Waals surface area contributed by atoms with E-state index < -0.39 is 24.9 Å². The van der Waals surface area contributed by atoms with E-state index in [9.17, 15) is 19.4 Å². The molecule has 1 aromatic carbocycles. The second kappa shape index (κ2) is 12.4. The molecule has 2 unspecified atom stereocenters. The minimum absolute atomic E-state index is 0.565. The molecule has 0 fully saturated rings. The van der Waals surface area contributed by atoms with E-state index in [-0.39, 0.29) is 0 Å². The Bertz CT molecular complexity index is 620. The Balaban J connectivity index is 2.62. The number of carbonyl (C=O) groups is 1. The van der Waals surface area contributed by atoms with Gasteiger partial charge >= 0.3 is 13.6 Å². The molecule has 0 saturated heterocycles. The van der Waals surface area contributed by atoms with Crippen molar-refractivity contribution in [3.63, 3.8) is 0 Å². The fraction of sp³-hybridized carbons (Fsp3) is 0.667. The van der Waals surface area contributed by atoms with Crippen molar-refractivity contribution >= 4 is 13.6 Å². The number of hydrogen-bond acceptors (Lipinski definition) is 4. The van der Waals surface area contributed by atoms with Crippen LogP contribution in [-0.2, 0) is 13.9 Å². The molecule has 0 aliphatic carbocycles. The van der Waals surface area contributed by atoms with Crippen LogP contribution in [0.3, 0.4) is 0 Å². The summed E-state index contributed by atoms with van der Waals surface area (Å²) in [7, 11) is -4.27. The molecule has 1 rings (SSSR count). The van der Waals surface area contributed by atoms with Crippen molar-refractivity contribution in [3.8, 4) is 0 Å². The van der Waals surface area contributed by atoms with Gasteiger partial charge in [-0.05, 0) is 32.4 Å². The summed E-state index contributed by atoms with van der Waals surface area (Å²) in [6.07, 6.45) is 9.40. The Labute approximate surface area is 169 Å². The van der Waals surface area contributed by atoms with Crippen LogP contribution in [0.25, 0.3) is 0 Å². The largest absolute Gasteiger partial charge is 0.479 e. The highest BCUT2D eigenvalue weighted by Crippen LogP contribution is 2.57. The highest BCUT2D eigenvalue weighted by Gasteiger charge is 2.42. The van der Waals surface area contributed by atoms with Gasteiger partial charge in [-0.2, -0.15) is 0 Å². The molecule has 6 nitrogen and oxygen atoms in total. The lowest BCUT2D eigenvalue weighted by Gasteiger charge is -2.29. The molecule has 0 aliphatic rings. The van der Waals surface area contributed by atoms with Crippen molar-refractivity contribution in [2.24, 2.45) is 0 Å². The van der Waals surface area contributed by atoms with E-state index in [1.807, 2.05) is 6.07 Å². The van der Waals surface area contributed by atoms with Gasteiger partial charge in [0.1, 0.15) is 5.78 Å². The van der Waals surface area contributed by atoms with Crippen molar-refractivity contribution in [2.45, 2.75) is 83.5 Å². The lowest BCUT2D eigenvalue weighted by molar-refractivity contribution is -0.152. The van der Waals surface area contributed by atoms with Gasteiger partial charge in [-0.15, -0.1) is 0 Å². The molecule has 0 amide bonds. The zero-order valence-electron chi connectivity index (χ0n) is 17.4. The van der Waals surface area contributed by atoms with E-state index in [0.29, 0.717) is 12.1 Å². The lowest BCUT2D eigenvalue weighted by atomic mass is 10.1. The third-order valence-electron chi connectivity index (χ3n) is 4.68. The average Bonchev–Trinajstić information content (AvgIpc) is 2.63. The number of nitrogens with one attached hydrogen (secondary N) is 1. The van der Waals surface area contributed by atoms with Gasteiger partial charge in [0, 0.05) is 0 Å². The average molecular weight is 413 g/mol. The van der Waals surface area contributed by atoms with Crippen molar-refractivity contribution in [3.05, 3.63) is 35.9 Å². The summed E-state index contributed by atoms with van der Waals surface area (Å²) >= 11 is 0. The quantitative estimate of drug-likeness (QED) is 0.260. The van der Waals surface area contributed by atoms with Crippen molar-refractivity contribution < 1.29 is 23.9 Å². The molecular weight excluding hydrogens is 377 g/mol. The topological polar surface area (TPSA) is 95.9 Å². The van der Waals surface area contributed by atoms with E-state index in [4.69, 9.17) is 4.52 Å². The predicted octanol–water partition coefficient (Wildman–Crippen LogP) is 5.48. The number of unbranched alkanes of at least 4 members (excludes halogenated alkanes) is 7. The number of benzene rings is 1. The Hall–Kier alpha value is -1.20. The summed E-state index contributed by atoms with van der Waals surface area (Å²) in [5.74, 6) is -2.24. The van der Waals surface area contributed by atoms with Gasteiger partial charge < -0.3 is 10.00 Å². The van der Waals surface area contributed by atoms with Crippen LogP contribution in [0.4, 0.5) is 0 Å². The summed E-state index contributed by atoms with van der Waals surface area (Å²) in [5, 5.41) is 12.3. The number of carboxylic acids is 1. The van der Waals surface area contributed by atoms with Crippen LogP contribution in [0.5, 0.6) is 0 Å². The Morgan fingerprint density at radius 1 is 1.07 bits per heavy atom. The van der Waals surface area contributed by atoms with E-state index >= 15 is 0 Å². The minimum Gasteiger partial charge on any atom is -0.479 e. The number of rotatable bonds is 15. The van der Waals surface area contributed by atoms with E-state index in [1.54, 1.807) is 24.3 Å². The second-order valence-electron chi connectivity index (χ2n) is 7.71. The van der Waals surface area contributed by atoms with Crippen LogP contribution in [0.15, 0.2) is 30.3 Å². The molecule has 0 saturated carbocycles. The molecule has 28 heavy (non-hydrogen) atoms. The standard InChI is InChI=1S/C21H36NO5P/c1-4-5-6-7-8-9-10-14-17-22-19(18-15-12-11-13-16-18)28(25,26)27-21(2,3)20(23)24/h11-13,15-16,19,22H,4-10,14,17H2,1-3H3,(H,23,24)(H,25,26). The van der Waals surface area contributed by atoms with Gasteiger partial charge in [0.05, 0.1) is 0 Å². The molecular formula is C21H36NO5P. The van der Waals surface area contributed by atoms with Gasteiger partial charge in [-0.3, -0.25) is 14.4 Å². The molecule has 160 valence electrons. The fourth-order valence-corrected chi connectivity index (χ4v) is 4.72. The molecule has 0 bridgehead atoms. The maximum atomic E-state index is 12.9. The Kier molecular flexibility index (Phi) is 11.0. The summed E-state index contributed by atoms with van der Waals surface area (Å²) < 4.78 is 18.1. The Morgan fingerprint density at radius 3 is 2.14 bits per heavy atom. The second-order valence-corrected chi connectivity index (χ2v) is 9.54. The van der Waals surface area contributed by atoms with Gasteiger partial charge in [0.15, 0.2) is 5.60 Å². The molecule has 0 aromatic heterocycles. The van der Waals surface area contributed by atoms with Crippen LogP contribution in [0.1, 0.15) is 83.5 Å². The molecule has 0 aliphatic heterocycles. The van der Waals surface area contributed by atoms with Crippen LogP contribution in [0.2, 0.25) is 0 Å². The van der Waals surface area contributed by atoms with Crippen LogP contribution < -0.4 is 5.32 Å². The fourth-order valence-electron chi connectivity index (χ4n) is 2.97. The van der Waals surface area contributed by atoms with E-state index in [2.05, 4.69) is 12.2 Å². The van der Waals surface area contributed by atoms with Crippen molar-refractivity contribution in [1.82, 2.24) is 5.32 Å². The zero-order valence-corrected chi connectivity index (χ0v) is 18.3. The molecule has 3 N–H and O–H groups in total. The van der Waals surface area contributed by atoms with Gasteiger partial charge in [-0.1, -0.05) is 82.2 Å². The third kappa shape index (κ3) is 8.87. The number of hydrogen-bond donors (Lipinski definition) is 3. The Morgan fingerprint density at radius 2 is 1.61 bits per heavy atom. The first kappa shape index (κ1) is 24.8. The van der Waals surface area contributed by atoms with Crippen molar-refractivity contribution in [2.75, 3.05) is 6.54 Å². The minimum atomic E-state index is -4.27. The summed E-state index contributed by atoms with van der Waals surface area (Å²) in [6, 6.07) is 8.87. The molecule has 0 radical (unpaired) electrons. The van der Waals surface area contributed by atoms with E-state index in [1.165, 1.54) is 46.0 Å². The van der Waals surface area contributed by atoms with Crippen molar-refractivity contribution in [1.29, 1.82) is 0 Å². The SMILES string of the molecule is CCCCCCCCCCNC(c1ccccc1)P(=O)(O)OC(C)(C)C(=O)O. The maximum absolute atomic E-state index is 12.9. The summed E-state index contributed by atoms with van der Waals surface area (Å²) in [6.45, 7) is 5.32. The van der Waals surface area contributed by atoms with Gasteiger partial charge in [0.25, 0.3) is 0 Å². The first-order valence-electron chi connectivity index (χ1n) is 10.3. The van der Waals surface area contributed by atoms with Gasteiger partial charge in [0.2, 0.25) is 0 Å². The molecule has 1 aromatic rings. The predicted molar refractivity (Wildman–Crippen MR) is 112 cm³/mol. The third-order valence-corrected chi connectivity index (χ3v) is 6.53. The summed E-state index contributed by atoms with van der Waals surface area (Å²) in [5.41, 5.74) is -1.15. The lowest BCUT2D eigenvalue weighted by Crippen LogP contribution is -2.35. The molecule has 0 heterocycles. The molecule has 2 atom stereocenters. The molecule has 7 heteroatoms. The van der Waals surface area contributed by atoms with E-state index in [0.717, 1.165) is 19.3 Å². The highest BCUT2D eigenvalue weighted by molar-refractivity contribution is 7.53. The summed E-state index contributed by atoms with van der Waals surface area (Å²) in [4.78, 5) is 21.8. The number of aliphatic carboxylic acids is 1. The first-order valence-corrected chi connectivity index (χ1v) is 11.9. The van der Waals surface area contributed by atoms with Crippen LogP contribution in [0, 0.1) is 0 Å². The normalized spacial score (nSPS) is 15.1. The zero-order chi connectivity index (χ0) is 21.0. The first-order chi connectivity index (χ1) is 13.2. The number of carboxylic acid groups (broad SMARTS) is 1. The van der Waals surface area contributed by atoms with Crippen LogP contribution >= 0.6 is 7.60 Å². The van der Waals surface area contributed by atoms with Crippen LogP contribution in [-0.4, -0.2) is 28.1 Å². The molecule has 0 spiro atoms. The maximum Gasteiger partial charge on any atom is 0.350 e. The smallest absolute Gasteiger partial charge is 0.350 e. The monoisotopic (exact) mass is 413 g/mol.